The molecular formula is C17H17ClN2O3S. The average Bonchev–Trinajstić information content (AvgIpc) is 3.11. The van der Waals surface area contributed by atoms with Crippen molar-refractivity contribution in [2.45, 2.75) is 13.0 Å². The number of fused-ring (bicyclic) bond motifs is 1. The zero-order valence-electron chi connectivity index (χ0n) is 13.0. The van der Waals surface area contributed by atoms with Gasteiger partial charge in [-0.05, 0) is 30.2 Å². The van der Waals surface area contributed by atoms with Crippen molar-refractivity contribution in [3.63, 3.8) is 0 Å². The second kappa shape index (κ2) is 7.68. The molecular weight excluding hydrogens is 348 g/mol. The monoisotopic (exact) mass is 364 g/mol. The van der Waals surface area contributed by atoms with Gasteiger partial charge in [-0.15, -0.1) is 11.3 Å². The molecule has 1 aliphatic rings. The lowest BCUT2D eigenvalue weighted by Crippen LogP contribution is -2.31. The Morgan fingerprint density at radius 3 is 3.00 bits per heavy atom. The minimum absolute atomic E-state index is 0.119. The summed E-state index contributed by atoms with van der Waals surface area (Å²) in [5.74, 6) is 1.13. The number of halogens is 1. The molecule has 0 fully saturated rings. The summed E-state index contributed by atoms with van der Waals surface area (Å²) < 4.78 is 11.1. The maximum Gasteiger partial charge on any atom is 0.246 e. The summed E-state index contributed by atoms with van der Waals surface area (Å²) in [5.41, 5.74) is 3.62. The summed E-state index contributed by atoms with van der Waals surface area (Å²) in [6.07, 6.45) is 1.98. The first kappa shape index (κ1) is 16.8. The molecule has 0 bridgehead atoms. The first-order chi connectivity index (χ1) is 11.7. The molecule has 1 aromatic carbocycles. The van der Waals surface area contributed by atoms with Gasteiger partial charge in [-0.1, -0.05) is 18.2 Å². The van der Waals surface area contributed by atoms with Crippen LogP contribution >= 0.6 is 22.9 Å². The van der Waals surface area contributed by atoms with Gasteiger partial charge in [0.25, 0.3) is 0 Å². The molecule has 1 amide bonds. The molecule has 1 aliphatic heterocycles. The number of carbonyl (C=O) groups is 1. The number of rotatable bonds is 6. The van der Waals surface area contributed by atoms with E-state index in [4.69, 9.17) is 21.1 Å². The van der Waals surface area contributed by atoms with Gasteiger partial charge in [0.05, 0.1) is 22.8 Å². The lowest BCUT2D eigenvalue weighted by molar-refractivity contribution is -0.126. The fourth-order valence-electron chi connectivity index (χ4n) is 2.48. The molecule has 0 saturated heterocycles. The predicted octanol–water partition coefficient (Wildman–Crippen LogP) is 3.33. The van der Waals surface area contributed by atoms with E-state index in [1.807, 2.05) is 17.5 Å². The van der Waals surface area contributed by atoms with E-state index >= 15 is 0 Å². The lowest BCUT2D eigenvalue weighted by Gasteiger charge is -2.22. The van der Waals surface area contributed by atoms with Gasteiger partial charge in [0, 0.05) is 11.9 Å². The maximum atomic E-state index is 12.1. The van der Waals surface area contributed by atoms with Crippen LogP contribution in [0.1, 0.15) is 11.3 Å². The van der Waals surface area contributed by atoms with E-state index in [9.17, 15) is 4.79 Å². The van der Waals surface area contributed by atoms with Gasteiger partial charge in [0.1, 0.15) is 13.2 Å². The Morgan fingerprint density at radius 1 is 1.42 bits per heavy atom. The second-order valence-electron chi connectivity index (χ2n) is 5.30. The number of carbonyl (C=O) groups excluding carboxylic acids is 1. The van der Waals surface area contributed by atoms with Crippen molar-refractivity contribution in [1.82, 2.24) is 9.88 Å². The molecule has 126 valence electrons. The maximum absolute atomic E-state index is 12.1. The minimum Gasteiger partial charge on any atom is -0.486 e. The number of hydrogen-bond acceptors (Lipinski definition) is 5. The van der Waals surface area contributed by atoms with Gasteiger partial charge in [-0.3, -0.25) is 4.79 Å². The third kappa shape index (κ3) is 3.88. The summed E-state index contributed by atoms with van der Waals surface area (Å²) in [4.78, 5) is 18.0. The molecule has 0 N–H and O–H groups in total. The van der Waals surface area contributed by atoms with Crippen molar-refractivity contribution in [1.29, 1.82) is 0 Å². The Labute approximate surface area is 149 Å². The molecule has 2 aromatic rings. The van der Waals surface area contributed by atoms with Crippen LogP contribution in [-0.2, 0) is 17.8 Å². The molecule has 7 heteroatoms. The summed E-state index contributed by atoms with van der Waals surface area (Å²) >= 11 is 7.77. The fraction of sp³-hybridized carbons (Fsp3) is 0.294. The zero-order chi connectivity index (χ0) is 16.9. The second-order valence-corrected chi connectivity index (χ2v) is 6.42. The fourth-order valence-corrected chi connectivity index (χ4v) is 3.32. The van der Waals surface area contributed by atoms with E-state index in [0.29, 0.717) is 49.2 Å². The van der Waals surface area contributed by atoms with E-state index in [-0.39, 0.29) is 5.91 Å². The number of amides is 1. The number of benzene rings is 1. The van der Waals surface area contributed by atoms with Crippen LogP contribution in [0, 0.1) is 0 Å². The smallest absolute Gasteiger partial charge is 0.246 e. The normalized spacial score (nSPS) is 12.7. The number of ether oxygens (including phenoxy) is 2. The highest BCUT2D eigenvalue weighted by Gasteiger charge is 2.18. The van der Waals surface area contributed by atoms with Crippen LogP contribution in [0.15, 0.2) is 35.7 Å². The van der Waals surface area contributed by atoms with Crippen LogP contribution in [-0.4, -0.2) is 35.5 Å². The van der Waals surface area contributed by atoms with Crippen molar-refractivity contribution in [3.05, 3.63) is 52.0 Å². The molecule has 0 unspecified atom stereocenters. The van der Waals surface area contributed by atoms with Gasteiger partial charge in [0.15, 0.2) is 11.5 Å². The Hall–Kier alpha value is -2.05. The third-order valence-corrected chi connectivity index (χ3v) is 4.57. The van der Waals surface area contributed by atoms with Crippen LogP contribution < -0.4 is 9.47 Å². The number of hydrogen-bond donors (Lipinski definition) is 0. The summed E-state index contributed by atoms with van der Waals surface area (Å²) in [6.45, 7) is 5.59. The molecule has 5 nitrogen and oxygen atoms in total. The quantitative estimate of drug-likeness (QED) is 0.738. The molecule has 1 aromatic heterocycles. The highest BCUT2D eigenvalue weighted by atomic mass is 35.5. The first-order valence-corrected chi connectivity index (χ1v) is 8.86. The van der Waals surface area contributed by atoms with Crippen molar-refractivity contribution in [2.75, 3.05) is 19.8 Å². The van der Waals surface area contributed by atoms with Crippen molar-refractivity contribution in [3.8, 4) is 11.5 Å². The highest BCUT2D eigenvalue weighted by Crippen LogP contribution is 2.38. The zero-order valence-corrected chi connectivity index (χ0v) is 14.6. The largest absolute Gasteiger partial charge is 0.486 e. The van der Waals surface area contributed by atoms with Gasteiger partial charge in [0.2, 0.25) is 5.91 Å². The number of nitrogens with zero attached hydrogens (tertiary/aromatic N) is 2. The molecule has 0 aliphatic carbocycles. The Morgan fingerprint density at radius 2 is 2.25 bits per heavy atom. The van der Waals surface area contributed by atoms with E-state index in [1.54, 1.807) is 10.4 Å². The highest BCUT2D eigenvalue weighted by molar-refractivity contribution is 7.07. The van der Waals surface area contributed by atoms with Crippen LogP contribution in [0.5, 0.6) is 11.5 Å². The Balaban J connectivity index is 1.71. The predicted molar refractivity (Wildman–Crippen MR) is 93.9 cm³/mol. The molecule has 0 spiro atoms. The van der Waals surface area contributed by atoms with E-state index in [0.717, 1.165) is 11.3 Å². The van der Waals surface area contributed by atoms with E-state index < -0.39 is 0 Å². The number of thiazole rings is 1. The van der Waals surface area contributed by atoms with Crippen molar-refractivity contribution in [2.24, 2.45) is 0 Å². The Bertz CT molecular complexity index is 734. The molecule has 0 saturated carbocycles. The Kier molecular flexibility index (Phi) is 5.37. The van der Waals surface area contributed by atoms with Gasteiger partial charge in [-0.2, -0.15) is 0 Å². The van der Waals surface area contributed by atoms with Crippen molar-refractivity contribution < 1.29 is 14.3 Å². The molecule has 2 heterocycles. The SMILES string of the molecule is C=CC(=O)N(CCc1cc(Cl)c2c(c1)OCCO2)Cc1cscn1. The topological polar surface area (TPSA) is 51.7 Å². The molecule has 24 heavy (non-hydrogen) atoms. The average molecular weight is 365 g/mol. The standard InChI is InChI=1S/C17H17ClN2O3S/c1-2-16(21)20(9-13-10-24-11-19-13)4-3-12-7-14(18)17-15(8-12)22-5-6-23-17/h2,7-8,10-11H,1,3-6,9H2. The van der Waals surface area contributed by atoms with Crippen LogP contribution in [0.25, 0.3) is 0 Å². The molecule has 3 rings (SSSR count). The minimum atomic E-state index is -0.119. The van der Waals surface area contributed by atoms with Crippen molar-refractivity contribution >= 4 is 28.8 Å². The van der Waals surface area contributed by atoms with E-state index in [2.05, 4.69) is 11.6 Å². The lowest BCUT2D eigenvalue weighted by atomic mass is 10.1. The summed E-state index contributed by atoms with van der Waals surface area (Å²) in [5, 5.41) is 2.47. The van der Waals surface area contributed by atoms with Crippen LogP contribution in [0.3, 0.4) is 0 Å². The molecule has 0 radical (unpaired) electrons. The first-order valence-electron chi connectivity index (χ1n) is 7.54. The van der Waals surface area contributed by atoms with E-state index in [1.165, 1.54) is 17.4 Å². The summed E-state index contributed by atoms with van der Waals surface area (Å²) in [7, 11) is 0. The van der Waals surface area contributed by atoms with Gasteiger partial charge >= 0.3 is 0 Å². The third-order valence-electron chi connectivity index (χ3n) is 3.65. The number of aromatic nitrogens is 1. The van der Waals surface area contributed by atoms with Gasteiger partial charge < -0.3 is 14.4 Å². The molecule has 0 atom stereocenters. The summed E-state index contributed by atoms with van der Waals surface area (Å²) in [6, 6.07) is 3.77. The van der Waals surface area contributed by atoms with Gasteiger partial charge in [-0.25, -0.2) is 4.98 Å². The van der Waals surface area contributed by atoms with Crippen LogP contribution in [0.4, 0.5) is 0 Å². The van der Waals surface area contributed by atoms with Crippen LogP contribution in [0.2, 0.25) is 5.02 Å².